The zero-order chi connectivity index (χ0) is 12.8. The van der Waals surface area contributed by atoms with Crippen LogP contribution in [-0.4, -0.2) is 33.3 Å². The average Bonchev–Trinajstić information content (AvgIpc) is 2.93. The smallest absolute Gasteiger partial charge is 0.327 e. The van der Waals surface area contributed by atoms with Crippen LogP contribution in [0.1, 0.15) is 5.56 Å². The first-order chi connectivity index (χ1) is 8.79. The van der Waals surface area contributed by atoms with Gasteiger partial charge < -0.3 is 10.4 Å². The molecule has 18 heavy (non-hydrogen) atoms. The summed E-state index contributed by atoms with van der Waals surface area (Å²) in [6, 6.07) is 9.13. The summed E-state index contributed by atoms with van der Waals surface area (Å²) in [4.78, 5) is 15.6. The lowest BCUT2D eigenvalue weighted by Crippen LogP contribution is -2.41. The van der Waals surface area contributed by atoms with Crippen molar-refractivity contribution in [1.82, 2.24) is 14.9 Å². The van der Waals surface area contributed by atoms with Crippen LogP contribution in [0.25, 0.3) is 0 Å². The maximum atomic E-state index is 11.8. The van der Waals surface area contributed by atoms with Crippen molar-refractivity contribution in [3.05, 3.63) is 54.6 Å². The van der Waals surface area contributed by atoms with E-state index >= 15 is 0 Å². The summed E-state index contributed by atoms with van der Waals surface area (Å²) in [6.45, 7) is -0.102. The van der Waals surface area contributed by atoms with Crippen LogP contribution in [0.15, 0.2) is 49.1 Å². The number of aliphatic hydroxyl groups excluding tert-OH is 1. The van der Waals surface area contributed by atoms with Crippen molar-refractivity contribution in [2.45, 2.75) is 12.5 Å². The molecular formula is C13H15N3O2. The van der Waals surface area contributed by atoms with Crippen molar-refractivity contribution >= 4 is 6.03 Å². The van der Waals surface area contributed by atoms with Gasteiger partial charge in [0.05, 0.1) is 12.6 Å². The summed E-state index contributed by atoms with van der Waals surface area (Å²) in [5, 5.41) is 12.0. The zero-order valence-electron chi connectivity index (χ0n) is 9.86. The van der Waals surface area contributed by atoms with Gasteiger partial charge in [-0.2, -0.15) is 0 Å². The molecule has 1 amide bonds. The van der Waals surface area contributed by atoms with E-state index in [0.29, 0.717) is 6.42 Å². The number of rotatable bonds is 4. The monoisotopic (exact) mass is 245 g/mol. The van der Waals surface area contributed by atoms with Crippen molar-refractivity contribution < 1.29 is 9.90 Å². The molecule has 0 aliphatic heterocycles. The number of carbonyl (C=O) groups excluding carboxylic acids is 1. The fraction of sp³-hybridized carbons (Fsp3) is 0.231. The molecule has 0 unspecified atom stereocenters. The molecule has 1 atom stereocenters. The van der Waals surface area contributed by atoms with Crippen molar-refractivity contribution in [2.24, 2.45) is 0 Å². The molecule has 5 nitrogen and oxygen atoms in total. The van der Waals surface area contributed by atoms with Crippen LogP contribution in [-0.2, 0) is 6.42 Å². The predicted molar refractivity (Wildman–Crippen MR) is 67.2 cm³/mol. The minimum Gasteiger partial charge on any atom is -0.394 e. The Morgan fingerprint density at radius 3 is 2.78 bits per heavy atom. The molecule has 5 heteroatoms. The second-order valence-electron chi connectivity index (χ2n) is 3.99. The lowest BCUT2D eigenvalue weighted by Gasteiger charge is -2.16. The van der Waals surface area contributed by atoms with Gasteiger partial charge in [0.1, 0.15) is 6.33 Å². The Bertz CT molecular complexity index is 482. The van der Waals surface area contributed by atoms with Gasteiger partial charge in [-0.3, -0.25) is 4.57 Å². The Balaban J connectivity index is 1.96. The average molecular weight is 245 g/mol. The first-order valence-corrected chi connectivity index (χ1v) is 5.73. The van der Waals surface area contributed by atoms with Crippen LogP contribution >= 0.6 is 0 Å². The van der Waals surface area contributed by atoms with Gasteiger partial charge >= 0.3 is 6.03 Å². The van der Waals surface area contributed by atoms with Gasteiger partial charge in [0.15, 0.2) is 0 Å². The quantitative estimate of drug-likeness (QED) is 0.846. The van der Waals surface area contributed by atoms with Gasteiger partial charge in [0, 0.05) is 12.4 Å². The van der Waals surface area contributed by atoms with Gasteiger partial charge in [0.25, 0.3) is 0 Å². The molecule has 0 aliphatic rings. The highest BCUT2D eigenvalue weighted by Gasteiger charge is 2.12. The number of aromatic nitrogens is 2. The number of benzene rings is 1. The normalized spacial score (nSPS) is 12.1. The van der Waals surface area contributed by atoms with Crippen LogP contribution < -0.4 is 5.32 Å². The van der Waals surface area contributed by atoms with Gasteiger partial charge in [-0.15, -0.1) is 0 Å². The van der Waals surface area contributed by atoms with E-state index in [9.17, 15) is 9.90 Å². The molecule has 1 heterocycles. The molecule has 2 N–H and O–H groups in total. The Morgan fingerprint density at radius 1 is 1.39 bits per heavy atom. The molecule has 0 radical (unpaired) electrons. The number of aliphatic hydroxyl groups is 1. The van der Waals surface area contributed by atoms with Crippen LogP contribution in [0, 0.1) is 0 Å². The van der Waals surface area contributed by atoms with Crippen molar-refractivity contribution in [3.8, 4) is 0 Å². The summed E-state index contributed by atoms with van der Waals surface area (Å²) in [5.41, 5.74) is 1.07. The number of imidazole rings is 1. The van der Waals surface area contributed by atoms with E-state index in [4.69, 9.17) is 0 Å². The third kappa shape index (κ3) is 3.18. The Kier molecular flexibility index (Phi) is 4.09. The molecule has 1 aromatic carbocycles. The number of carbonyl (C=O) groups is 1. The van der Waals surface area contributed by atoms with Gasteiger partial charge in [-0.05, 0) is 12.0 Å². The van der Waals surface area contributed by atoms with Crippen LogP contribution in [0.5, 0.6) is 0 Å². The Labute approximate surface area is 105 Å². The zero-order valence-corrected chi connectivity index (χ0v) is 9.86. The lowest BCUT2D eigenvalue weighted by molar-refractivity contribution is 0.217. The molecule has 0 bridgehead atoms. The summed E-state index contributed by atoms with van der Waals surface area (Å²) >= 11 is 0. The third-order valence-electron chi connectivity index (χ3n) is 2.61. The molecule has 2 aromatic rings. The topological polar surface area (TPSA) is 67.2 Å². The second-order valence-corrected chi connectivity index (χ2v) is 3.99. The minimum atomic E-state index is -0.303. The third-order valence-corrected chi connectivity index (χ3v) is 2.61. The molecule has 0 saturated carbocycles. The molecule has 1 aromatic heterocycles. The summed E-state index contributed by atoms with van der Waals surface area (Å²) in [6.07, 6.45) is 5.11. The van der Waals surface area contributed by atoms with Gasteiger partial charge in [0.2, 0.25) is 0 Å². The van der Waals surface area contributed by atoms with Crippen molar-refractivity contribution in [3.63, 3.8) is 0 Å². The first-order valence-electron chi connectivity index (χ1n) is 5.73. The summed E-state index contributed by atoms with van der Waals surface area (Å²) in [5.74, 6) is 0. The minimum absolute atomic E-state index is 0.102. The standard InChI is InChI=1S/C13H15N3O2/c17-9-12(8-11-4-2-1-3-5-11)15-13(18)16-7-6-14-10-16/h1-7,10,12,17H,8-9H2,(H,15,18)/t12-/m0/s1. The molecule has 0 fully saturated rings. The van der Waals surface area contributed by atoms with Gasteiger partial charge in [-0.1, -0.05) is 30.3 Å². The molecule has 0 spiro atoms. The molecule has 94 valence electrons. The number of nitrogens with zero attached hydrogens (tertiary/aromatic N) is 2. The number of hydrogen-bond acceptors (Lipinski definition) is 3. The highest BCUT2D eigenvalue weighted by Crippen LogP contribution is 2.03. The van der Waals surface area contributed by atoms with Crippen LogP contribution in [0.2, 0.25) is 0 Å². The van der Waals surface area contributed by atoms with Crippen LogP contribution in [0.4, 0.5) is 4.79 Å². The fourth-order valence-electron chi connectivity index (χ4n) is 1.69. The molecular weight excluding hydrogens is 230 g/mol. The summed E-state index contributed by atoms with van der Waals surface area (Å²) in [7, 11) is 0. The highest BCUT2D eigenvalue weighted by atomic mass is 16.3. The molecule has 0 saturated heterocycles. The fourth-order valence-corrected chi connectivity index (χ4v) is 1.69. The highest BCUT2D eigenvalue weighted by molar-refractivity contribution is 5.76. The van der Waals surface area contributed by atoms with E-state index in [0.717, 1.165) is 5.56 Å². The van der Waals surface area contributed by atoms with Crippen LogP contribution in [0.3, 0.4) is 0 Å². The molecule has 0 aliphatic carbocycles. The van der Waals surface area contributed by atoms with E-state index < -0.39 is 0 Å². The SMILES string of the molecule is O=C(N[C@H](CO)Cc1ccccc1)n1ccnc1. The maximum Gasteiger partial charge on any atom is 0.327 e. The Morgan fingerprint density at radius 2 is 2.17 bits per heavy atom. The van der Waals surface area contributed by atoms with E-state index in [1.54, 1.807) is 6.20 Å². The van der Waals surface area contributed by atoms with E-state index in [1.165, 1.54) is 17.1 Å². The summed E-state index contributed by atoms with van der Waals surface area (Å²) < 4.78 is 1.34. The number of hydrogen-bond donors (Lipinski definition) is 2. The Hall–Kier alpha value is -2.14. The number of amides is 1. The van der Waals surface area contributed by atoms with Crippen molar-refractivity contribution in [1.29, 1.82) is 0 Å². The second kappa shape index (κ2) is 5.97. The first kappa shape index (κ1) is 12.3. The van der Waals surface area contributed by atoms with Crippen molar-refractivity contribution in [2.75, 3.05) is 6.61 Å². The largest absolute Gasteiger partial charge is 0.394 e. The maximum absolute atomic E-state index is 11.8. The van der Waals surface area contributed by atoms with E-state index in [1.807, 2.05) is 30.3 Å². The number of nitrogens with one attached hydrogen (secondary N) is 1. The predicted octanol–water partition coefficient (Wildman–Crippen LogP) is 1.04. The lowest BCUT2D eigenvalue weighted by atomic mass is 10.1. The van der Waals surface area contributed by atoms with Gasteiger partial charge in [-0.25, -0.2) is 9.78 Å². The van der Waals surface area contributed by atoms with E-state index in [2.05, 4.69) is 10.3 Å². The van der Waals surface area contributed by atoms with E-state index in [-0.39, 0.29) is 18.7 Å². The molecule has 2 rings (SSSR count).